The van der Waals surface area contributed by atoms with Crippen molar-refractivity contribution in [3.05, 3.63) is 28.3 Å². The van der Waals surface area contributed by atoms with Crippen LogP contribution in [-0.2, 0) is 5.75 Å². The Morgan fingerprint density at radius 2 is 2.33 bits per heavy atom. The van der Waals surface area contributed by atoms with Crippen molar-refractivity contribution in [2.45, 2.75) is 12.7 Å². The molecule has 0 aliphatic heterocycles. The molecule has 1 unspecified atom stereocenters. The van der Waals surface area contributed by atoms with E-state index in [9.17, 15) is 4.79 Å². The van der Waals surface area contributed by atoms with Crippen LogP contribution in [-0.4, -0.2) is 22.6 Å². The van der Waals surface area contributed by atoms with Gasteiger partial charge in [0.1, 0.15) is 12.0 Å². The van der Waals surface area contributed by atoms with Gasteiger partial charge in [-0.05, 0) is 11.7 Å². The van der Waals surface area contributed by atoms with E-state index in [-0.39, 0.29) is 18.3 Å². The van der Waals surface area contributed by atoms with Gasteiger partial charge in [0.15, 0.2) is 5.75 Å². The van der Waals surface area contributed by atoms with Crippen molar-refractivity contribution in [2.24, 2.45) is 5.92 Å². The quantitative estimate of drug-likeness (QED) is 0.795. The average molecular weight is 230 g/mol. The monoisotopic (exact) mass is 230 g/mol. The molecule has 0 aliphatic rings. The lowest BCUT2D eigenvalue weighted by Crippen LogP contribution is -2.04. The van der Waals surface area contributed by atoms with E-state index in [4.69, 9.17) is 14.6 Å². The zero-order valence-electron chi connectivity index (χ0n) is 8.47. The van der Waals surface area contributed by atoms with Crippen molar-refractivity contribution in [1.29, 1.82) is 0 Å². The number of aliphatic hydroxyl groups excluding tert-OH is 1. The molecule has 0 aromatic carbocycles. The van der Waals surface area contributed by atoms with Crippen molar-refractivity contribution in [2.75, 3.05) is 12.4 Å². The Morgan fingerprint density at radius 1 is 1.60 bits per heavy atom. The highest BCUT2D eigenvalue weighted by Gasteiger charge is 2.04. The molecule has 2 N–H and O–H groups in total. The van der Waals surface area contributed by atoms with Crippen molar-refractivity contribution < 1.29 is 14.6 Å². The molecule has 0 amide bonds. The highest BCUT2D eigenvalue weighted by atomic mass is 32.2. The lowest BCUT2D eigenvalue weighted by atomic mass is 10.2. The maximum Gasteiger partial charge on any atom is 0.226 e. The van der Waals surface area contributed by atoms with Crippen molar-refractivity contribution >= 4 is 11.8 Å². The Hall–Kier alpha value is -0.940. The van der Waals surface area contributed by atoms with Crippen LogP contribution < -0.4 is 5.43 Å². The first-order valence-electron chi connectivity index (χ1n) is 4.62. The minimum Gasteiger partial charge on any atom is -0.502 e. The summed E-state index contributed by atoms with van der Waals surface area (Å²) in [6.07, 6.45) is 1.05. The van der Waals surface area contributed by atoms with E-state index in [1.165, 1.54) is 6.07 Å². The smallest absolute Gasteiger partial charge is 0.226 e. The van der Waals surface area contributed by atoms with Crippen molar-refractivity contribution in [3.8, 4) is 5.75 Å². The summed E-state index contributed by atoms with van der Waals surface area (Å²) >= 11 is 1.58. The summed E-state index contributed by atoms with van der Waals surface area (Å²) in [4.78, 5) is 11.0. The number of hydrogen-bond donors (Lipinski definition) is 2. The Morgan fingerprint density at radius 3 is 2.93 bits per heavy atom. The standard InChI is InChI=1S/C10H14O4S/c1-7(3-11)5-15-6-8-2-9(12)10(13)4-14-8/h2,4,7,11,13H,3,5-6H2,1H3. The molecule has 0 saturated carbocycles. The second kappa shape index (κ2) is 5.82. The second-order valence-corrected chi connectivity index (χ2v) is 4.43. The van der Waals surface area contributed by atoms with Crippen LogP contribution in [0.2, 0.25) is 0 Å². The molecule has 15 heavy (non-hydrogen) atoms. The second-order valence-electron chi connectivity index (χ2n) is 3.40. The van der Waals surface area contributed by atoms with Crippen LogP contribution >= 0.6 is 11.8 Å². The molecule has 0 aliphatic carbocycles. The van der Waals surface area contributed by atoms with Crippen molar-refractivity contribution in [1.82, 2.24) is 0 Å². The molecule has 0 radical (unpaired) electrons. The zero-order valence-corrected chi connectivity index (χ0v) is 9.29. The third kappa shape index (κ3) is 3.97. The lowest BCUT2D eigenvalue weighted by molar-refractivity contribution is 0.250. The van der Waals surface area contributed by atoms with Gasteiger partial charge in [0.25, 0.3) is 0 Å². The number of hydrogen-bond acceptors (Lipinski definition) is 5. The van der Waals surface area contributed by atoms with Gasteiger partial charge in [0.05, 0.1) is 5.75 Å². The summed E-state index contributed by atoms with van der Waals surface area (Å²) < 4.78 is 5.02. The zero-order chi connectivity index (χ0) is 11.3. The van der Waals surface area contributed by atoms with E-state index < -0.39 is 5.43 Å². The Bertz CT molecular complexity index is 361. The minimum absolute atomic E-state index is 0.159. The molecular weight excluding hydrogens is 216 g/mol. The highest BCUT2D eigenvalue weighted by Crippen LogP contribution is 2.15. The highest BCUT2D eigenvalue weighted by molar-refractivity contribution is 7.98. The molecule has 4 nitrogen and oxygen atoms in total. The van der Waals surface area contributed by atoms with Gasteiger partial charge < -0.3 is 14.6 Å². The predicted molar refractivity (Wildman–Crippen MR) is 59.1 cm³/mol. The van der Waals surface area contributed by atoms with Gasteiger partial charge in [0, 0.05) is 12.7 Å². The van der Waals surface area contributed by atoms with Gasteiger partial charge in [-0.2, -0.15) is 11.8 Å². The number of aliphatic hydroxyl groups is 1. The SMILES string of the molecule is CC(CO)CSCc1cc(=O)c(O)co1. The van der Waals surface area contributed by atoms with Crippen LogP contribution in [0, 0.1) is 5.92 Å². The number of aromatic hydroxyl groups is 1. The summed E-state index contributed by atoms with van der Waals surface area (Å²) in [5, 5.41) is 17.7. The van der Waals surface area contributed by atoms with Gasteiger partial charge in [-0.25, -0.2) is 0 Å². The molecular formula is C10H14O4S. The van der Waals surface area contributed by atoms with E-state index in [1.54, 1.807) is 11.8 Å². The van der Waals surface area contributed by atoms with Crippen LogP contribution in [0.25, 0.3) is 0 Å². The summed E-state index contributed by atoms with van der Waals surface area (Å²) in [5.74, 6) is 1.78. The molecule has 1 atom stereocenters. The third-order valence-corrected chi connectivity index (χ3v) is 3.12. The number of rotatable bonds is 5. The van der Waals surface area contributed by atoms with Crippen molar-refractivity contribution in [3.63, 3.8) is 0 Å². The Balaban J connectivity index is 2.45. The molecule has 1 heterocycles. The summed E-state index contributed by atoms with van der Waals surface area (Å²) in [6, 6.07) is 1.28. The first-order valence-corrected chi connectivity index (χ1v) is 5.78. The first-order chi connectivity index (χ1) is 7.13. The van der Waals surface area contributed by atoms with Crippen LogP contribution in [0.15, 0.2) is 21.5 Å². The third-order valence-electron chi connectivity index (χ3n) is 1.82. The fourth-order valence-electron chi connectivity index (χ4n) is 0.933. The minimum atomic E-state index is -0.424. The molecule has 0 fully saturated rings. The van der Waals surface area contributed by atoms with Crippen LogP contribution in [0.4, 0.5) is 0 Å². The van der Waals surface area contributed by atoms with Gasteiger partial charge in [-0.1, -0.05) is 6.92 Å². The van der Waals surface area contributed by atoms with Crippen LogP contribution in [0.1, 0.15) is 12.7 Å². The fraction of sp³-hybridized carbons (Fsp3) is 0.500. The van der Waals surface area contributed by atoms with Gasteiger partial charge in [-0.15, -0.1) is 0 Å². The molecule has 1 rings (SSSR count). The average Bonchev–Trinajstić information content (AvgIpc) is 2.23. The largest absolute Gasteiger partial charge is 0.502 e. The van der Waals surface area contributed by atoms with E-state index in [1.807, 2.05) is 6.92 Å². The summed E-state index contributed by atoms with van der Waals surface area (Å²) in [6.45, 7) is 2.10. The molecule has 5 heteroatoms. The molecule has 84 valence electrons. The van der Waals surface area contributed by atoms with E-state index in [0.717, 1.165) is 12.0 Å². The van der Waals surface area contributed by atoms with E-state index in [2.05, 4.69) is 0 Å². The summed E-state index contributed by atoms with van der Waals surface area (Å²) in [7, 11) is 0. The van der Waals surface area contributed by atoms with Crippen LogP contribution in [0.3, 0.4) is 0 Å². The topological polar surface area (TPSA) is 70.7 Å². The molecule has 0 spiro atoms. The van der Waals surface area contributed by atoms with Crippen LogP contribution in [0.5, 0.6) is 5.75 Å². The number of thioether (sulfide) groups is 1. The van der Waals surface area contributed by atoms with E-state index in [0.29, 0.717) is 11.5 Å². The normalized spacial score (nSPS) is 12.7. The molecule has 1 aromatic rings. The van der Waals surface area contributed by atoms with E-state index >= 15 is 0 Å². The fourth-order valence-corrected chi connectivity index (χ4v) is 1.91. The molecule has 1 aromatic heterocycles. The molecule has 0 bridgehead atoms. The maximum absolute atomic E-state index is 11.0. The lowest BCUT2D eigenvalue weighted by Gasteiger charge is -2.06. The van der Waals surface area contributed by atoms with Gasteiger partial charge >= 0.3 is 0 Å². The van der Waals surface area contributed by atoms with Gasteiger partial charge in [-0.3, -0.25) is 4.79 Å². The summed E-state index contributed by atoms with van der Waals surface area (Å²) in [5.41, 5.74) is -0.424. The Kier molecular flexibility index (Phi) is 4.71. The predicted octanol–water partition coefficient (Wildman–Crippen LogP) is 1.21. The Labute approximate surface area is 91.9 Å². The molecule has 0 saturated heterocycles. The maximum atomic E-state index is 11.0. The first kappa shape index (κ1) is 12.1. The van der Waals surface area contributed by atoms with Gasteiger partial charge in [0.2, 0.25) is 5.43 Å².